The molecule has 2 aliphatic rings. The van der Waals surface area contributed by atoms with E-state index in [0.717, 1.165) is 12.8 Å². The second-order valence-electron chi connectivity index (χ2n) is 4.25. The van der Waals surface area contributed by atoms with Gasteiger partial charge in [-0.3, -0.25) is 4.79 Å². The van der Waals surface area contributed by atoms with E-state index in [1.54, 1.807) is 0 Å². The van der Waals surface area contributed by atoms with Crippen LogP contribution in [0.25, 0.3) is 0 Å². The summed E-state index contributed by atoms with van der Waals surface area (Å²) in [4.78, 5) is 11.7. The summed E-state index contributed by atoms with van der Waals surface area (Å²) in [5.41, 5.74) is 0. The number of rotatable bonds is 5. The van der Waals surface area contributed by atoms with Crippen LogP contribution in [-0.4, -0.2) is 25.8 Å². The summed E-state index contributed by atoms with van der Waals surface area (Å²) in [5.74, 6) is 1.14. The van der Waals surface area contributed by atoms with Crippen LogP contribution < -0.4 is 0 Å². The molecule has 0 saturated heterocycles. The summed E-state index contributed by atoms with van der Waals surface area (Å²) in [5, 5.41) is 0. The Morgan fingerprint density at radius 1 is 1.33 bits per heavy atom. The SMILES string of the molecule is CCOCCOC(=O)[C@H]1C[C@@H]2C=C[C@H]1C2. The van der Waals surface area contributed by atoms with Crippen LogP contribution >= 0.6 is 0 Å². The highest BCUT2D eigenvalue weighted by Crippen LogP contribution is 2.43. The van der Waals surface area contributed by atoms with Crippen molar-refractivity contribution in [2.24, 2.45) is 17.8 Å². The van der Waals surface area contributed by atoms with Gasteiger partial charge in [0, 0.05) is 6.61 Å². The second kappa shape index (κ2) is 4.79. The minimum absolute atomic E-state index is 0.0356. The molecule has 3 nitrogen and oxygen atoms in total. The zero-order chi connectivity index (χ0) is 10.7. The molecule has 0 amide bonds. The molecule has 1 fully saturated rings. The fraction of sp³-hybridized carbons (Fsp3) is 0.750. The van der Waals surface area contributed by atoms with Gasteiger partial charge < -0.3 is 9.47 Å². The number of hydrogen-bond acceptors (Lipinski definition) is 3. The van der Waals surface area contributed by atoms with E-state index in [2.05, 4.69) is 12.2 Å². The van der Waals surface area contributed by atoms with Crippen LogP contribution in [0, 0.1) is 17.8 Å². The van der Waals surface area contributed by atoms with Crippen LogP contribution in [0.5, 0.6) is 0 Å². The lowest BCUT2D eigenvalue weighted by Crippen LogP contribution is -2.23. The predicted octanol–water partition coefficient (Wildman–Crippen LogP) is 1.78. The zero-order valence-corrected chi connectivity index (χ0v) is 9.15. The molecule has 0 heterocycles. The normalized spacial score (nSPS) is 32.2. The molecule has 1 saturated carbocycles. The molecule has 2 rings (SSSR count). The van der Waals surface area contributed by atoms with Crippen molar-refractivity contribution in [1.82, 2.24) is 0 Å². The molecule has 15 heavy (non-hydrogen) atoms. The lowest BCUT2D eigenvalue weighted by Gasteiger charge is -2.16. The van der Waals surface area contributed by atoms with Crippen molar-refractivity contribution in [3.05, 3.63) is 12.2 Å². The van der Waals surface area contributed by atoms with E-state index in [4.69, 9.17) is 9.47 Å². The Bertz CT molecular complexity index is 260. The zero-order valence-electron chi connectivity index (χ0n) is 9.15. The highest BCUT2D eigenvalue weighted by Gasteiger charge is 2.40. The molecular weight excluding hydrogens is 192 g/mol. The molecule has 3 atom stereocenters. The highest BCUT2D eigenvalue weighted by molar-refractivity contribution is 5.74. The van der Waals surface area contributed by atoms with Gasteiger partial charge in [-0.1, -0.05) is 12.2 Å². The fourth-order valence-corrected chi connectivity index (χ4v) is 2.50. The van der Waals surface area contributed by atoms with Gasteiger partial charge in [0.15, 0.2) is 0 Å². The largest absolute Gasteiger partial charge is 0.463 e. The van der Waals surface area contributed by atoms with Gasteiger partial charge in [0.2, 0.25) is 0 Å². The maximum Gasteiger partial charge on any atom is 0.309 e. The smallest absolute Gasteiger partial charge is 0.309 e. The average molecular weight is 210 g/mol. The molecule has 0 aliphatic heterocycles. The van der Waals surface area contributed by atoms with Gasteiger partial charge in [0.1, 0.15) is 6.61 Å². The second-order valence-corrected chi connectivity index (χ2v) is 4.25. The summed E-state index contributed by atoms with van der Waals surface area (Å²) in [6.07, 6.45) is 6.52. The van der Waals surface area contributed by atoms with Crippen molar-refractivity contribution in [2.75, 3.05) is 19.8 Å². The molecular formula is C12H18O3. The minimum Gasteiger partial charge on any atom is -0.463 e. The van der Waals surface area contributed by atoms with Crippen molar-refractivity contribution >= 4 is 5.97 Å². The lowest BCUT2D eigenvalue weighted by atomic mass is 9.94. The first-order valence-corrected chi connectivity index (χ1v) is 5.74. The van der Waals surface area contributed by atoms with Crippen LogP contribution in [0.4, 0.5) is 0 Å². The Balaban J connectivity index is 1.70. The Morgan fingerprint density at radius 3 is 2.80 bits per heavy atom. The van der Waals surface area contributed by atoms with Gasteiger partial charge in [0.25, 0.3) is 0 Å². The Labute approximate surface area is 90.4 Å². The van der Waals surface area contributed by atoms with Gasteiger partial charge in [-0.05, 0) is 31.6 Å². The van der Waals surface area contributed by atoms with E-state index in [1.165, 1.54) is 0 Å². The van der Waals surface area contributed by atoms with Gasteiger partial charge in [-0.25, -0.2) is 0 Å². The van der Waals surface area contributed by atoms with Gasteiger partial charge >= 0.3 is 5.97 Å². The number of hydrogen-bond donors (Lipinski definition) is 0. The fourth-order valence-electron chi connectivity index (χ4n) is 2.50. The van der Waals surface area contributed by atoms with E-state index in [9.17, 15) is 4.79 Å². The Kier molecular flexibility index (Phi) is 3.41. The van der Waals surface area contributed by atoms with Crippen LogP contribution in [-0.2, 0) is 14.3 Å². The molecule has 0 aromatic heterocycles. The van der Waals surface area contributed by atoms with E-state index in [-0.39, 0.29) is 11.9 Å². The van der Waals surface area contributed by atoms with E-state index >= 15 is 0 Å². The van der Waals surface area contributed by atoms with E-state index in [0.29, 0.717) is 31.7 Å². The first-order chi connectivity index (χ1) is 7.31. The third kappa shape index (κ3) is 2.40. The summed E-state index contributed by atoms with van der Waals surface area (Å²) < 4.78 is 10.3. The average Bonchev–Trinajstić information content (AvgIpc) is 2.85. The van der Waals surface area contributed by atoms with E-state index in [1.807, 2.05) is 6.92 Å². The summed E-state index contributed by atoms with van der Waals surface area (Å²) in [6, 6.07) is 0. The van der Waals surface area contributed by atoms with Crippen molar-refractivity contribution in [2.45, 2.75) is 19.8 Å². The first kappa shape index (κ1) is 10.7. The number of carbonyl (C=O) groups is 1. The predicted molar refractivity (Wildman–Crippen MR) is 56.3 cm³/mol. The van der Waals surface area contributed by atoms with Gasteiger partial charge in [-0.2, -0.15) is 0 Å². The quantitative estimate of drug-likeness (QED) is 0.394. The number of carbonyl (C=O) groups excluding carboxylic acids is 1. The first-order valence-electron chi connectivity index (χ1n) is 5.74. The van der Waals surface area contributed by atoms with Crippen molar-refractivity contribution in [1.29, 1.82) is 0 Å². The maximum atomic E-state index is 11.7. The number of ether oxygens (including phenoxy) is 2. The van der Waals surface area contributed by atoms with Crippen molar-refractivity contribution < 1.29 is 14.3 Å². The van der Waals surface area contributed by atoms with Crippen LogP contribution in [0.15, 0.2) is 12.2 Å². The molecule has 84 valence electrons. The van der Waals surface area contributed by atoms with Gasteiger partial charge in [0.05, 0.1) is 12.5 Å². The topological polar surface area (TPSA) is 35.5 Å². The summed E-state index contributed by atoms with van der Waals surface area (Å²) in [7, 11) is 0. The molecule has 2 aliphatic carbocycles. The summed E-state index contributed by atoms with van der Waals surface area (Å²) in [6.45, 7) is 3.51. The Hall–Kier alpha value is -0.830. The van der Waals surface area contributed by atoms with Crippen LogP contribution in [0.2, 0.25) is 0 Å². The molecule has 0 radical (unpaired) electrons. The third-order valence-corrected chi connectivity index (χ3v) is 3.26. The lowest BCUT2D eigenvalue weighted by molar-refractivity contribution is -0.150. The molecule has 2 bridgehead atoms. The molecule has 0 aromatic carbocycles. The Morgan fingerprint density at radius 2 is 2.20 bits per heavy atom. The minimum atomic E-state index is -0.0356. The molecule has 0 aromatic rings. The number of allylic oxidation sites excluding steroid dienone is 2. The van der Waals surface area contributed by atoms with Crippen molar-refractivity contribution in [3.63, 3.8) is 0 Å². The van der Waals surface area contributed by atoms with Gasteiger partial charge in [-0.15, -0.1) is 0 Å². The molecule has 0 spiro atoms. The van der Waals surface area contributed by atoms with Crippen LogP contribution in [0.3, 0.4) is 0 Å². The number of esters is 1. The molecule has 0 N–H and O–H groups in total. The highest BCUT2D eigenvalue weighted by atomic mass is 16.6. The van der Waals surface area contributed by atoms with Crippen molar-refractivity contribution in [3.8, 4) is 0 Å². The van der Waals surface area contributed by atoms with E-state index < -0.39 is 0 Å². The molecule has 0 unspecified atom stereocenters. The standard InChI is InChI=1S/C12H18O3/c1-2-14-5-6-15-12(13)11-8-9-3-4-10(11)7-9/h3-4,9-11H,2,5-8H2,1H3/t9-,10+,11+/m1/s1. The third-order valence-electron chi connectivity index (χ3n) is 3.26. The summed E-state index contributed by atoms with van der Waals surface area (Å²) >= 11 is 0. The monoisotopic (exact) mass is 210 g/mol. The molecule has 3 heteroatoms. The number of fused-ring (bicyclic) bond motifs is 2. The maximum absolute atomic E-state index is 11.7. The van der Waals surface area contributed by atoms with Crippen LogP contribution in [0.1, 0.15) is 19.8 Å².